The molecule has 0 unspecified atom stereocenters. The van der Waals surface area contributed by atoms with E-state index in [0.717, 1.165) is 32.7 Å². The summed E-state index contributed by atoms with van der Waals surface area (Å²) in [5, 5.41) is 11.8. The third-order valence-corrected chi connectivity index (χ3v) is 5.64. The van der Waals surface area contributed by atoms with Crippen molar-refractivity contribution in [3.63, 3.8) is 0 Å². The lowest BCUT2D eigenvalue weighted by atomic mass is 9.97. The Balaban J connectivity index is 1.39. The highest BCUT2D eigenvalue weighted by Crippen LogP contribution is 2.27. The Morgan fingerprint density at radius 2 is 1.50 bits per heavy atom. The predicted octanol–water partition coefficient (Wildman–Crippen LogP) is 5.82. The maximum atomic E-state index is 12.2. The highest BCUT2D eigenvalue weighted by molar-refractivity contribution is 6.31. The number of rotatable bonds is 6. The molecular formula is C26H22ClN3O2. The lowest BCUT2D eigenvalue weighted by Crippen LogP contribution is -2.20. The van der Waals surface area contributed by atoms with E-state index in [1.165, 1.54) is 0 Å². The topological polar surface area (TPSA) is 70.6 Å². The molecule has 2 N–H and O–H groups in total. The molecule has 0 aliphatic heterocycles. The molecule has 4 rings (SSSR count). The lowest BCUT2D eigenvalue weighted by Gasteiger charge is -2.08. The number of halogens is 1. The van der Waals surface area contributed by atoms with E-state index in [2.05, 4.69) is 34.0 Å². The average Bonchev–Trinajstić information content (AvgIpc) is 2.79. The van der Waals surface area contributed by atoms with Crippen LogP contribution in [0.5, 0.6) is 0 Å². The standard InChI is InChI=1S/C26H22ClN3O2/c1-17-10-11-20(15-24(17)27)29-25(31)12-13-26(32)30-28-16-23-21-8-4-2-6-18(21)14-19-7-3-5-9-22(19)23/h2-11,14-16H,12-13H2,1H3,(H,29,31)(H,30,32). The van der Waals surface area contributed by atoms with Gasteiger partial charge in [-0.1, -0.05) is 66.2 Å². The Labute approximate surface area is 191 Å². The van der Waals surface area contributed by atoms with Gasteiger partial charge in [-0.2, -0.15) is 5.10 Å². The summed E-state index contributed by atoms with van der Waals surface area (Å²) >= 11 is 6.07. The van der Waals surface area contributed by atoms with Gasteiger partial charge in [0.1, 0.15) is 0 Å². The van der Waals surface area contributed by atoms with Crippen LogP contribution in [-0.4, -0.2) is 18.0 Å². The molecule has 0 saturated heterocycles. The fraction of sp³-hybridized carbons (Fsp3) is 0.115. The van der Waals surface area contributed by atoms with Crippen LogP contribution in [0.25, 0.3) is 21.5 Å². The van der Waals surface area contributed by atoms with Gasteiger partial charge in [0.25, 0.3) is 0 Å². The Bertz CT molecular complexity index is 1290. The molecule has 0 spiro atoms. The van der Waals surface area contributed by atoms with Crippen molar-refractivity contribution in [3.05, 3.63) is 88.9 Å². The van der Waals surface area contributed by atoms with Crippen LogP contribution in [0.4, 0.5) is 5.69 Å². The van der Waals surface area contributed by atoms with Gasteiger partial charge >= 0.3 is 0 Å². The van der Waals surface area contributed by atoms with Gasteiger partial charge in [-0.25, -0.2) is 5.43 Å². The summed E-state index contributed by atoms with van der Waals surface area (Å²) in [4.78, 5) is 24.3. The number of fused-ring (bicyclic) bond motifs is 2. The molecule has 0 fully saturated rings. The van der Waals surface area contributed by atoms with Crippen LogP contribution < -0.4 is 10.7 Å². The van der Waals surface area contributed by atoms with Gasteiger partial charge in [-0.05, 0) is 52.2 Å². The van der Waals surface area contributed by atoms with Crippen molar-refractivity contribution in [2.45, 2.75) is 19.8 Å². The first-order chi connectivity index (χ1) is 15.5. The van der Waals surface area contributed by atoms with E-state index >= 15 is 0 Å². The van der Waals surface area contributed by atoms with E-state index in [1.54, 1.807) is 18.3 Å². The van der Waals surface area contributed by atoms with Gasteiger partial charge in [-0.3, -0.25) is 9.59 Å². The van der Waals surface area contributed by atoms with Crippen LogP contribution in [0.2, 0.25) is 5.02 Å². The summed E-state index contributed by atoms with van der Waals surface area (Å²) < 4.78 is 0. The lowest BCUT2D eigenvalue weighted by molar-refractivity contribution is -0.124. The van der Waals surface area contributed by atoms with Crippen LogP contribution in [0.1, 0.15) is 24.0 Å². The molecule has 4 aromatic carbocycles. The van der Waals surface area contributed by atoms with E-state index in [1.807, 2.05) is 49.4 Å². The number of aryl methyl sites for hydroxylation is 1. The molecule has 2 amide bonds. The molecular weight excluding hydrogens is 422 g/mol. The summed E-state index contributed by atoms with van der Waals surface area (Å²) in [6.07, 6.45) is 1.74. The summed E-state index contributed by atoms with van der Waals surface area (Å²) in [6.45, 7) is 1.89. The molecule has 0 aliphatic carbocycles. The van der Waals surface area contributed by atoms with Crippen molar-refractivity contribution in [1.29, 1.82) is 0 Å². The Hall–Kier alpha value is -3.70. The molecule has 160 valence electrons. The van der Waals surface area contributed by atoms with Gasteiger partial charge in [-0.15, -0.1) is 0 Å². The van der Waals surface area contributed by atoms with E-state index < -0.39 is 0 Å². The fourth-order valence-electron chi connectivity index (χ4n) is 3.53. The van der Waals surface area contributed by atoms with Crippen LogP contribution in [0, 0.1) is 6.92 Å². The first kappa shape index (κ1) is 21.5. The minimum absolute atomic E-state index is 0.0268. The third kappa shape index (κ3) is 4.95. The van der Waals surface area contributed by atoms with Crippen LogP contribution in [0.3, 0.4) is 0 Å². The summed E-state index contributed by atoms with van der Waals surface area (Å²) in [7, 11) is 0. The van der Waals surface area contributed by atoms with Gasteiger partial charge in [0.2, 0.25) is 11.8 Å². The Kier molecular flexibility index (Phi) is 6.47. The zero-order valence-electron chi connectivity index (χ0n) is 17.6. The first-order valence-corrected chi connectivity index (χ1v) is 10.7. The molecule has 0 radical (unpaired) electrons. The van der Waals surface area contributed by atoms with Gasteiger partial charge in [0.15, 0.2) is 0 Å². The largest absolute Gasteiger partial charge is 0.326 e. The number of hydrogen-bond donors (Lipinski definition) is 2. The minimum Gasteiger partial charge on any atom is -0.326 e. The molecule has 0 aromatic heterocycles. The van der Waals surface area contributed by atoms with E-state index in [9.17, 15) is 9.59 Å². The highest BCUT2D eigenvalue weighted by Gasteiger charge is 2.09. The van der Waals surface area contributed by atoms with Crippen molar-refractivity contribution in [3.8, 4) is 0 Å². The van der Waals surface area contributed by atoms with Crippen molar-refractivity contribution in [2.75, 3.05) is 5.32 Å². The number of nitrogens with zero attached hydrogens (tertiary/aromatic N) is 1. The van der Waals surface area contributed by atoms with Gasteiger partial charge in [0, 0.05) is 29.1 Å². The molecule has 5 nitrogen and oxygen atoms in total. The molecule has 0 saturated carbocycles. The van der Waals surface area contributed by atoms with Crippen molar-refractivity contribution in [1.82, 2.24) is 5.43 Å². The number of nitrogens with one attached hydrogen (secondary N) is 2. The number of carbonyl (C=O) groups is 2. The number of amides is 2. The van der Waals surface area contributed by atoms with Crippen LogP contribution >= 0.6 is 11.6 Å². The van der Waals surface area contributed by atoms with Crippen molar-refractivity contribution < 1.29 is 9.59 Å². The normalized spacial score (nSPS) is 11.2. The fourth-order valence-corrected chi connectivity index (χ4v) is 3.71. The molecule has 6 heteroatoms. The minimum atomic E-state index is -0.331. The molecule has 32 heavy (non-hydrogen) atoms. The van der Waals surface area contributed by atoms with Crippen LogP contribution in [0.15, 0.2) is 77.9 Å². The maximum absolute atomic E-state index is 12.2. The molecule has 0 atom stereocenters. The van der Waals surface area contributed by atoms with Crippen molar-refractivity contribution >= 4 is 56.9 Å². The van der Waals surface area contributed by atoms with Crippen molar-refractivity contribution in [2.24, 2.45) is 5.10 Å². The van der Waals surface area contributed by atoms with Gasteiger partial charge in [0.05, 0.1) is 6.21 Å². The van der Waals surface area contributed by atoms with Crippen LogP contribution in [-0.2, 0) is 9.59 Å². The zero-order chi connectivity index (χ0) is 22.5. The maximum Gasteiger partial charge on any atom is 0.240 e. The van der Waals surface area contributed by atoms with E-state index in [4.69, 9.17) is 11.6 Å². The quantitative estimate of drug-likeness (QED) is 0.224. The van der Waals surface area contributed by atoms with Gasteiger partial charge < -0.3 is 5.32 Å². The number of hydrazone groups is 1. The zero-order valence-corrected chi connectivity index (χ0v) is 18.3. The average molecular weight is 444 g/mol. The molecule has 4 aromatic rings. The summed E-state index contributed by atoms with van der Waals surface area (Å²) in [5.74, 6) is -0.591. The Morgan fingerprint density at radius 3 is 2.16 bits per heavy atom. The van der Waals surface area contributed by atoms with E-state index in [0.29, 0.717) is 10.7 Å². The van der Waals surface area contributed by atoms with E-state index in [-0.39, 0.29) is 24.7 Å². The number of anilines is 1. The first-order valence-electron chi connectivity index (χ1n) is 10.3. The summed E-state index contributed by atoms with van der Waals surface area (Å²) in [6, 6.07) is 23.6. The second-order valence-corrected chi connectivity index (χ2v) is 7.95. The Morgan fingerprint density at radius 1 is 0.875 bits per heavy atom. The SMILES string of the molecule is Cc1ccc(NC(=O)CCC(=O)NN=Cc2c3ccccc3cc3ccccc23)cc1Cl. The second-order valence-electron chi connectivity index (χ2n) is 7.54. The highest BCUT2D eigenvalue weighted by atomic mass is 35.5. The molecule has 0 bridgehead atoms. The number of hydrogen-bond acceptors (Lipinski definition) is 3. The smallest absolute Gasteiger partial charge is 0.240 e. The predicted molar refractivity (Wildman–Crippen MR) is 131 cm³/mol. The number of benzene rings is 4. The third-order valence-electron chi connectivity index (χ3n) is 5.23. The molecule has 0 aliphatic rings. The number of carbonyl (C=O) groups excluding carboxylic acids is 2. The molecule has 0 heterocycles. The second kappa shape index (κ2) is 9.62. The monoisotopic (exact) mass is 443 g/mol. The summed E-state index contributed by atoms with van der Waals surface area (Å²) in [5.41, 5.74) is 5.00.